The molecular formula is C14H16N4OS. The summed E-state index contributed by atoms with van der Waals surface area (Å²) < 4.78 is 1.88. The van der Waals surface area contributed by atoms with Crippen LogP contribution in [0.25, 0.3) is 5.52 Å². The third kappa shape index (κ3) is 2.78. The Morgan fingerprint density at radius 1 is 1.60 bits per heavy atom. The SMILES string of the molecule is CCCC(C#N)NC(=O)c1nc(SC)n2ccccc12. The highest BCUT2D eigenvalue weighted by Crippen LogP contribution is 2.19. The standard InChI is InChI=1S/C14H16N4OS/c1-3-6-10(9-15)16-13(19)12-11-7-4-5-8-18(11)14(17-12)20-2/h4-5,7-8,10H,3,6H2,1-2H3,(H,16,19). The van der Waals surface area contributed by atoms with Crippen molar-refractivity contribution in [2.75, 3.05) is 6.26 Å². The molecule has 0 aliphatic heterocycles. The van der Waals surface area contributed by atoms with Crippen molar-refractivity contribution in [3.8, 4) is 6.07 Å². The summed E-state index contributed by atoms with van der Waals surface area (Å²) in [7, 11) is 0. The maximum atomic E-state index is 12.3. The molecule has 0 radical (unpaired) electrons. The first-order valence-electron chi connectivity index (χ1n) is 6.42. The number of amides is 1. The minimum atomic E-state index is -0.467. The van der Waals surface area contributed by atoms with Crippen molar-refractivity contribution in [1.82, 2.24) is 14.7 Å². The van der Waals surface area contributed by atoms with Gasteiger partial charge < -0.3 is 5.32 Å². The Morgan fingerprint density at radius 2 is 2.40 bits per heavy atom. The topological polar surface area (TPSA) is 70.2 Å². The second-order valence-corrected chi connectivity index (χ2v) is 5.12. The summed E-state index contributed by atoms with van der Waals surface area (Å²) in [5.41, 5.74) is 1.12. The molecule has 1 unspecified atom stereocenters. The first-order valence-corrected chi connectivity index (χ1v) is 7.65. The summed E-state index contributed by atoms with van der Waals surface area (Å²) in [4.78, 5) is 16.6. The molecule has 0 aromatic carbocycles. The number of hydrogen-bond donors (Lipinski definition) is 1. The summed E-state index contributed by atoms with van der Waals surface area (Å²) in [5.74, 6) is -0.297. The van der Waals surface area contributed by atoms with Crippen LogP contribution in [0.15, 0.2) is 29.6 Å². The van der Waals surface area contributed by atoms with Crippen LogP contribution in [0.5, 0.6) is 0 Å². The lowest BCUT2D eigenvalue weighted by atomic mass is 10.2. The van der Waals surface area contributed by atoms with Crippen LogP contribution in [0, 0.1) is 11.3 Å². The minimum Gasteiger partial charge on any atom is -0.335 e. The Hall–Kier alpha value is -2.00. The molecule has 1 N–H and O–H groups in total. The Labute approximate surface area is 122 Å². The van der Waals surface area contributed by atoms with Gasteiger partial charge in [-0.3, -0.25) is 9.20 Å². The number of thioether (sulfide) groups is 1. The van der Waals surface area contributed by atoms with Crippen LogP contribution in [0.4, 0.5) is 0 Å². The van der Waals surface area contributed by atoms with E-state index in [0.29, 0.717) is 12.1 Å². The second kappa shape index (κ2) is 6.44. The lowest BCUT2D eigenvalue weighted by Gasteiger charge is -2.08. The molecule has 20 heavy (non-hydrogen) atoms. The zero-order valence-electron chi connectivity index (χ0n) is 11.5. The highest BCUT2D eigenvalue weighted by Gasteiger charge is 2.19. The van der Waals surface area contributed by atoms with E-state index in [1.165, 1.54) is 11.8 Å². The maximum absolute atomic E-state index is 12.3. The van der Waals surface area contributed by atoms with Gasteiger partial charge in [-0.15, -0.1) is 0 Å². The Morgan fingerprint density at radius 3 is 3.05 bits per heavy atom. The van der Waals surface area contributed by atoms with Crippen molar-refractivity contribution < 1.29 is 4.79 Å². The summed E-state index contributed by atoms with van der Waals surface area (Å²) in [6, 6.07) is 7.24. The number of imidazole rings is 1. The fourth-order valence-corrected chi connectivity index (χ4v) is 2.54. The number of hydrogen-bond acceptors (Lipinski definition) is 4. The van der Waals surface area contributed by atoms with Gasteiger partial charge >= 0.3 is 0 Å². The van der Waals surface area contributed by atoms with Gasteiger partial charge in [0, 0.05) is 6.20 Å². The van der Waals surface area contributed by atoms with E-state index in [1.54, 1.807) is 0 Å². The average Bonchev–Trinajstić information content (AvgIpc) is 2.85. The number of aromatic nitrogens is 2. The quantitative estimate of drug-likeness (QED) is 0.858. The number of nitriles is 1. The van der Waals surface area contributed by atoms with Crippen molar-refractivity contribution >= 4 is 23.2 Å². The van der Waals surface area contributed by atoms with Crippen molar-refractivity contribution in [2.45, 2.75) is 31.0 Å². The largest absolute Gasteiger partial charge is 0.335 e. The van der Waals surface area contributed by atoms with Gasteiger partial charge in [0.15, 0.2) is 10.9 Å². The van der Waals surface area contributed by atoms with Crippen LogP contribution in [-0.2, 0) is 0 Å². The van der Waals surface area contributed by atoms with Crippen LogP contribution < -0.4 is 5.32 Å². The van der Waals surface area contributed by atoms with E-state index >= 15 is 0 Å². The third-order valence-corrected chi connectivity index (χ3v) is 3.61. The number of pyridine rings is 1. The first kappa shape index (κ1) is 14.4. The molecule has 0 saturated carbocycles. The molecule has 6 heteroatoms. The number of nitrogens with one attached hydrogen (secondary N) is 1. The van der Waals surface area contributed by atoms with Crippen LogP contribution in [0.3, 0.4) is 0 Å². The summed E-state index contributed by atoms with van der Waals surface area (Å²) in [5, 5.41) is 12.5. The molecule has 1 atom stereocenters. The molecular weight excluding hydrogens is 272 g/mol. The van der Waals surface area contributed by atoms with Gasteiger partial charge in [-0.05, 0) is 24.8 Å². The molecule has 0 bridgehead atoms. The number of fused-ring (bicyclic) bond motifs is 1. The van der Waals surface area contributed by atoms with E-state index in [9.17, 15) is 4.79 Å². The molecule has 2 rings (SSSR count). The number of carbonyl (C=O) groups excluding carboxylic acids is 1. The predicted octanol–water partition coefficient (Wildman–Crippen LogP) is 2.48. The van der Waals surface area contributed by atoms with Gasteiger partial charge in [-0.1, -0.05) is 31.2 Å². The molecule has 0 aliphatic rings. The highest BCUT2D eigenvalue weighted by molar-refractivity contribution is 7.98. The van der Waals surface area contributed by atoms with Crippen LogP contribution in [0.1, 0.15) is 30.3 Å². The van der Waals surface area contributed by atoms with E-state index in [2.05, 4.69) is 16.4 Å². The van der Waals surface area contributed by atoms with Gasteiger partial charge in [-0.25, -0.2) is 4.98 Å². The van der Waals surface area contributed by atoms with E-state index in [0.717, 1.165) is 17.1 Å². The molecule has 2 aromatic rings. The first-order chi connectivity index (χ1) is 9.71. The molecule has 2 heterocycles. The molecule has 1 amide bonds. The van der Waals surface area contributed by atoms with E-state index in [4.69, 9.17) is 5.26 Å². The smallest absolute Gasteiger partial charge is 0.273 e. The highest BCUT2D eigenvalue weighted by atomic mass is 32.2. The lowest BCUT2D eigenvalue weighted by molar-refractivity contribution is 0.0940. The summed E-state index contributed by atoms with van der Waals surface area (Å²) >= 11 is 1.48. The molecule has 0 fully saturated rings. The van der Waals surface area contributed by atoms with Crippen molar-refractivity contribution in [1.29, 1.82) is 5.26 Å². The molecule has 2 aromatic heterocycles. The van der Waals surface area contributed by atoms with Crippen molar-refractivity contribution in [3.05, 3.63) is 30.1 Å². The Balaban J connectivity index is 2.33. The van der Waals surface area contributed by atoms with Crippen LogP contribution in [-0.4, -0.2) is 27.6 Å². The Bertz CT molecular complexity index is 659. The fourth-order valence-electron chi connectivity index (χ4n) is 2.01. The van der Waals surface area contributed by atoms with Crippen LogP contribution in [0.2, 0.25) is 0 Å². The third-order valence-electron chi connectivity index (χ3n) is 2.95. The summed E-state index contributed by atoms with van der Waals surface area (Å²) in [6.07, 6.45) is 5.28. The minimum absolute atomic E-state index is 0.297. The second-order valence-electron chi connectivity index (χ2n) is 4.35. The zero-order chi connectivity index (χ0) is 14.5. The molecule has 5 nitrogen and oxygen atoms in total. The van der Waals surface area contributed by atoms with Gasteiger partial charge in [-0.2, -0.15) is 5.26 Å². The molecule has 0 aliphatic carbocycles. The summed E-state index contributed by atoms with van der Waals surface area (Å²) in [6.45, 7) is 1.98. The number of nitrogens with zero attached hydrogens (tertiary/aromatic N) is 3. The van der Waals surface area contributed by atoms with E-state index in [-0.39, 0.29) is 5.91 Å². The zero-order valence-corrected chi connectivity index (χ0v) is 12.3. The maximum Gasteiger partial charge on any atom is 0.273 e. The fraction of sp³-hybridized carbons (Fsp3) is 0.357. The monoisotopic (exact) mass is 288 g/mol. The van der Waals surface area contributed by atoms with E-state index in [1.807, 2.05) is 42.0 Å². The molecule has 0 spiro atoms. The van der Waals surface area contributed by atoms with Gasteiger partial charge in [0.25, 0.3) is 5.91 Å². The number of carbonyl (C=O) groups is 1. The van der Waals surface area contributed by atoms with Gasteiger partial charge in [0.1, 0.15) is 6.04 Å². The van der Waals surface area contributed by atoms with Gasteiger partial charge in [0.2, 0.25) is 0 Å². The normalized spacial score (nSPS) is 12.1. The van der Waals surface area contributed by atoms with Crippen molar-refractivity contribution in [2.24, 2.45) is 0 Å². The number of rotatable bonds is 5. The van der Waals surface area contributed by atoms with E-state index < -0.39 is 6.04 Å². The molecule has 104 valence electrons. The average molecular weight is 288 g/mol. The molecule has 0 saturated heterocycles. The van der Waals surface area contributed by atoms with Gasteiger partial charge in [0.05, 0.1) is 11.6 Å². The Kier molecular flexibility index (Phi) is 4.64. The lowest BCUT2D eigenvalue weighted by Crippen LogP contribution is -2.33. The predicted molar refractivity (Wildman–Crippen MR) is 78.7 cm³/mol. The van der Waals surface area contributed by atoms with Crippen molar-refractivity contribution in [3.63, 3.8) is 0 Å². The van der Waals surface area contributed by atoms with Crippen LogP contribution >= 0.6 is 11.8 Å².